The number of hydrazine groups is 1. The van der Waals surface area contributed by atoms with Gasteiger partial charge in [0.2, 0.25) is 5.91 Å². The summed E-state index contributed by atoms with van der Waals surface area (Å²) in [5.74, 6) is -0.857. The third kappa shape index (κ3) is 6.42. The van der Waals surface area contributed by atoms with Gasteiger partial charge < -0.3 is 10.1 Å². The summed E-state index contributed by atoms with van der Waals surface area (Å²) in [6, 6.07) is 8.46. The number of carbonyl (C=O) groups is 3. The number of amides is 3. The number of hydrogen-bond donors (Lipinski definition) is 3. The van der Waals surface area contributed by atoms with Crippen molar-refractivity contribution in [3.63, 3.8) is 0 Å². The second-order valence-corrected chi connectivity index (χ2v) is 4.28. The molecule has 0 unspecified atom stereocenters. The van der Waals surface area contributed by atoms with E-state index in [-0.39, 0.29) is 12.5 Å². The van der Waals surface area contributed by atoms with Crippen molar-refractivity contribution in [3.8, 4) is 0 Å². The highest BCUT2D eigenvalue weighted by molar-refractivity contribution is 5.88. The maximum atomic E-state index is 12.0. The number of ether oxygens (including phenoxy) is 1. The van der Waals surface area contributed by atoms with Crippen LogP contribution in [0.2, 0.25) is 0 Å². The quantitative estimate of drug-likeness (QED) is 0.689. The monoisotopic (exact) mass is 293 g/mol. The predicted octanol–water partition coefficient (Wildman–Crippen LogP) is 0.511. The van der Waals surface area contributed by atoms with Crippen molar-refractivity contribution >= 4 is 17.9 Å². The zero-order valence-corrected chi connectivity index (χ0v) is 12.0. The summed E-state index contributed by atoms with van der Waals surface area (Å²) < 4.78 is 4.62. The number of nitrogens with one attached hydrogen (secondary N) is 3. The van der Waals surface area contributed by atoms with E-state index in [1.165, 1.54) is 6.92 Å². The summed E-state index contributed by atoms with van der Waals surface area (Å²) >= 11 is 0. The first-order chi connectivity index (χ1) is 10.0. The minimum absolute atomic E-state index is 0.195. The van der Waals surface area contributed by atoms with Gasteiger partial charge in [-0.05, 0) is 12.5 Å². The highest BCUT2D eigenvalue weighted by Gasteiger charge is 2.20. The van der Waals surface area contributed by atoms with Gasteiger partial charge in [-0.25, -0.2) is 10.2 Å². The van der Waals surface area contributed by atoms with Crippen LogP contribution >= 0.6 is 0 Å². The molecule has 0 aliphatic carbocycles. The molecule has 0 aliphatic rings. The van der Waals surface area contributed by atoms with E-state index in [4.69, 9.17) is 0 Å². The second-order valence-electron chi connectivity index (χ2n) is 4.28. The van der Waals surface area contributed by atoms with E-state index >= 15 is 0 Å². The smallest absolute Gasteiger partial charge is 0.426 e. The Kier molecular flexibility index (Phi) is 6.73. The lowest BCUT2D eigenvalue weighted by atomic mass is 10.1. The third-order valence-corrected chi connectivity index (χ3v) is 2.54. The van der Waals surface area contributed by atoms with Crippen molar-refractivity contribution in [2.75, 3.05) is 6.61 Å². The molecule has 0 bridgehead atoms. The van der Waals surface area contributed by atoms with Crippen LogP contribution in [0.25, 0.3) is 0 Å². The first-order valence-corrected chi connectivity index (χ1v) is 6.56. The summed E-state index contributed by atoms with van der Waals surface area (Å²) in [6.45, 7) is 3.17. The molecule has 0 saturated heterocycles. The van der Waals surface area contributed by atoms with Crippen LogP contribution in [0.5, 0.6) is 0 Å². The minimum Gasteiger partial charge on any atom is -0.449 e. The molecule has 3 amide bonds. The maximum absolute atomic E-state index is 12.0. The van der Waals surface area contributed by atoms with Crippen molar-refractivity contribution < 1.29 is 19.1 Å². The first kappa shape index (κ1) is 16.5. The van der Waals surface area contributed by atoms with E-state index in [0.717, 1.165) is 5.56 Å². The summed E-state index contributed by atoms with van der Waals surface area (Å²) in [6.07, 6.45) is -0.441. The largest absolute Gasteiger partial charge is 0.449 e. The zero-order valence-electron chi connectivity index (χ0n) is 12.0. The van der Waals surface area contributed by atoms with Gasteiger partial charge in [0, 0.05) is 13.3 Å². The average Bonchev–Trinajstić information content (AvgIpc) is 2.45. The van der Waals surface area contributed by atoms with E-state index in [0.29, 0.717) is 6.42 Å². The van der Waals surface area contributed by atoms with Crippen LogP contribution in [0.15, 0.2) is 30.3 Å². The van der Waals surface area contributed by atoms with Gasteiger partial charge >= 0.3 is 6.09 Å². The van der Waals surface area contributed by atoms with Crippen LogP contribution in [0, 0.1) is 0 Å². The predicted molar refractivity (Wildman–Crippen MR) is 76.1 cm³/mol. The number of benzene rings is 1. The molecule has 1 atom stereocenters. The molecule has 21 heavy (non-hydrogen) atoms. The van der Waals surface area contributed by atoms with Crippen LogP contribution in [0.4, 0.5) is 4.79 Å². The molecule has 0 aromatic heterocycles. The van der Waals surface area contributed by atoms with Crippen LogP contribution in [0.3, 0.4) is 0 Å². The molecule has 7 heteroatoms. The Balaban J connectivity index is 2.62. The highest BCUT2D eigenvalue weighted by atomic mass is 16.5. The molecule has 0 spiro atoms. The molecule has 1 aromatic carbocycles. The van der Waals surface area contributed by atoms with E-state index in [1.54, 1.807) is 6.92 Å². The standard InChI is InChI=1S/C14H19N3O4/c1-3-21-14(20)17-16-13(19)12(15-10(2)18)9-11-7-5-4-6-8-11/h4-8,12H,3,9H2,1-2H3,(H,15,18)(H,16,19)(H,17,20)/t12-/m0/s1. The van der Waals surface area contributed by atoms with Crippen molar-refractivity contribution in [1.29, 1.82) is 0 Å². The van der Waals surface area contributed by atoms with Crippen LogP contribution in [-0.2, 0) is 20.7 Å². The van der Waals surface area contributed by atoms with Gasteiger partial charge in [-0.15, -0.1) is 0 Å². The van der Waals surface area contributed by atoms with Crippen LogP contribution < -0.4 is 16.2 Å². The average molecular weight is 293 g/mol. The van der Waals surface area contributed by atoms with Crippen LogP contribution in [-0.4, -0.2) is 30.6 Å². The molecule has 0 radical (unpaired) electrons. The van der Waals surface area contributed by atoms with E-state index < -0.39 is 18.0 Å². The van der Waals surface area contributed by atoms with Gasteiger partial charge in [-0.2, -0.15) is 0 Å². The molecular weight excluding hydrogens is 274 g/mol. The molecule has 0 aliphatic heterocycles. The molecule has 3 N–H and O–H groups in total. The normalized spacial score (nSPS) is 11.1. The molecule has 0 fully saturated rings. The lowest BCUT2D eigenvalue weighted by molar-refractivity contribution is -0.128. The third-order valence-electron chi connectivity index (χ3n) is 2.54. The van der Waals surface area contributed by atoms with Crippen molar-refractivity contribution in [3.05, 3.63) is 35.9 Å². The Morgan fingerprint density at radius 1 is 1.14 bits per heavy atom. The zero-order chi connectivity index (χ0) is 15.7. The maximum Gasteiger partial charge on any atom is 0.426 e. The van der Waals surface area contributed by atoms with E-state index in [2.05, 4.69) is 20.9 Å². The molecular formula is C14H19N3O4. The Labute approximate surface area is 123 Å². The summed E-state index contributed by atoms with van der Waals surface area (Å²) in [5, 5.41) is 2.54. The van der Waals surface area contributed by atoms with Crippen molar-refractivity contribution in [2.24, 2.45) is 0 Å². The SMILES string of the molecule is CCOC(=O)NNC(=O)[C@H](Cc1ccccc1)NC(C)=O. The molecule has 0 saturated carbocycles. The minimum atomic E-state index is -0.785. The Bertz CT molecular complexity index is 490. The summed E-state index contributed by atoms with van der Waals surface area (Å²) in [4.78, 5) is 34.3. The van der Waals surface area contributed by atoms with E-state index in [9.17, 15) is 14.4 Å². The molecule has 7 nitrogen and oxygen atoms in total. The van der Waals surface area contributed by atoms with Gasteiger partial charge in [0.05, 0.1) is 6.61 Å². The fourth-order valence-electron chi connectivity index (χ4n) is 1.67. The van der Waals surface area contributed by atoms with Gasteiger partial charge in [0.15, 0.2) is 0 Å². The number of rotatable bonds is 5. The fourth-order valence-corrected chi connectivity index (χ4v) is 1.67. The fraction of sp³-hybridized carbons (Fsp3) is 0.357. The van der Waals surface area contributed by atoms with Crippen LogP contribution in [0.1, 0.15) is 19.4 Å². The summed E-state index contributed by atoms with van der Waals surface area (Å²) in [5.41, 5.74) is 5.22. The van der Waals surface area contributed by atoms with Crippen molar-refractivity contribution in [2.45, 2.75) is 26.3 Å². The van der Waals surface area contributed by atoms with Gasteiger partial charge in [0.1, 0.15) is 6.04 Å². The first-order valence-electron chi connectivity index (χ1n) is 6.56. The Morgan fingerprint density at radius 3 is 2.38 bits per heavy atom. The lowest BCUT2D eigenvalue weighted by Crippen LogP contribution is -2.52. The Hall–Kier alpha value is -2.57. The molecule has 1 aromatic rings. The van der Waals surface area contributed by atoms with Gasteiger partial charge in [0.25, 0.3) is 5.91 Å². The van der Waals surface area contributed by atoms with Gasteiger partial charge in [-0.3, -0.25) is 15.0 Å². The summed E-state index contributed by atoms with van der Waals surface area (Å²) in [7, 11) is 0. The molecule has 114 valence electrons. The Morgan fingerprint density at radius 2 is 1.81 bits per heavy atom. The highest BCUT2D eigenvalue weighted by Crippen LogP contribution is 2.03. The number of carbonyl (C=O) groups excluding carboxylic acids is 3. The van der Waals surface area contributed by atoms with Gasteiger partial charge in [-0.1, -0.05) is 30.3 Å². The number of hydrogen-bond acceptors (Lipinski definition) is 4. The second kappa shape index (κ2) is 8.57. The molecule has 0 heterocycles. The van der Waals surface area contributed by atoms with E-state index in [1.807, 2.05) is 30.3 Å². The molecule has 1 rings (SSSR count). The topological polar surface area (TPSA) is 96.5 Å². The lowest BCUT2D eigenvalue weighted by Gasteiger charge is -2.17. The van der Waals surface area contributed by atoms with Crippen molar-refractivity contribution in [1.82, 2.24) is 16.2 Å².